The van der Waals surface area contributed by atoms with E-state index >= 15 is 0 Å². The summed E-state index contributed by atoms with van der Waals surface area (Å²) in [7, 11) is 0. The molecule has 0 aromatic carbocycles. The number of unbranched alkanes of at least 4 members (excludes halogenated alkanes) is 1. The fraction of sp³-hybridized carbons (Fsp3) is 0.714. The zero-order valence-corrected chi connectivity index (χ0v) is 13.8. The van der Waals surface area contributed by atoms with Crippen molar-refractivity contribution in [3.63, 3.8) is 0 Å². The van der Waals surface area contributed by atoms with E-state index in [0.29, 0.717) is 23.8 Å². The van der Waals surface area contributed by atoms with Gasteiger partial charge in [0.25, 0.3) is 0 Å². The largest absolute Gasteiger partial charge is 0.460 e. The van der Waals surface area contributed by atoms with Crippen LogP contribution >= 0.6 is 25.3 Å². The first-order valence-electron chi connectivity index (χ1n) is 6.85. The zero-order chi connectivity index (χ0) is 15.4. The summed E-state index contributed by atoms with van der Waals surface area (Å²) in [5.74, 6) is 0.405. The number of hydrogen-bond donors (Lipinski definition) is 3. The number of amides is 1. The lowest BCUT2D eigenvalue weighted by atomic mass is 10.1. The summed E-state index contributed by atoms with van der Waals surface area (Å²) in [6.45, 7) is 5.58. The summed E-state index contributed by atoms with van der Waals surface area (Å²) in [6.07, 6.45) is 4.33. The summed E-state index contributed by atoms with van der Waals surface area (Å²) >= 11 is 8.59. The van der Waals surface area contributed by atoms with E-state index in [2.05, 4.69) is 37.2 Å². The lowest BCUT2D eigenvalue weighted by Gasteiger charge is -2.09. The first-order chi connectivity index (χ1) is 9.47. The van der Waals surface area contributed by atoms with Crippen LogP contribution in [0.3, 0.4) is 0 Å². The van der Waals surface area contributed by atoms with Gasteiger partial charge in [-0.2, -0.15) is 25.3 Å². The average molecular weight is 319 g/mol. The van der Waals surface area contributed by atoms with Crippen LogP contribution in [0.1, 0.15) is 39.0 Å². The molecule has 0 aromatic heterocycles. The van der Waals surface area contributed by atoms with Crippen LogP contribution in [0.15, 0.2) is 12.2 Å². The molecule has 1 unspecified atom stereocenters. The molecule has 0 saturated carbocycles. The molecule has 0 heterocycles. The van der Waals surface area contributed by atoms with Crippen LogP contribution in [0.4, 0.5) is 0 Å². The monoisotopic (exact) mass is 319 g/mol. The number of rotatable bonds is 11. The Morgan fingerprint density at radius 2 is 2.00 bits per heavy atom. The van der Waals surface area contributed by atoms with Crippen molar-refractivity contribution in [2.24, 2.45) is 0 Å². The molecular formula is C14H25NO3S2. The van der Waals surface area contributed by atoms with Crippen LogP contribution in [0.25, 0.3) is 0 Å². The molecule has 0 aliphatic rings. The maximum atomic E-state index is 11.5. The van der Waals surface area contributed by atoms with Crippen LogP contribution in [-0.4, -0.2) is 36.0 Å². The average Bonchev–Trinajstić information content (AvgIpc) is 2.39. The molecule has 0 aliphatic heterocycles. The van der Waals surface area contributed by atoms with E-state index in [4.69, 9.17) is 4.74 Å². The summed E-state index contributed by atoms with van der Waals surface area (Å²) < 4.78 is 4.87. The maximum Gasteiger partial charge on any atom is 0.333 e. The van der Waals surface area contributed by atoms with Crippen LogP contribution in [0.2, 0.25) is 0 Å². The minimum Gasteiger partial charge on any atom is -0.460 e. The number of hydrogen-bond acceptors (Lipinski definition) is 5. The minimum atomic E-state index is -0.428. The predicted molar refractivity (Wildman–Crippen MR) is 88.5 cm³/mol. The van der Waals surface area contributed by atoms with Crippen molar-refractivity contribution in [2.75, 3.05) is 18.9 Å². The van der Waals surface area contributed by atoms with Gasteiger partial charge in [0.05, 0.1) is 6.54 Å². The predicted octanol–water partition coefficient (Wildman–Crippen LogP) is 2.40. The Hall–Kier alpha value is -0.620. The van der Waals surface area contributed by atoms with Gasteiger partial charge in [-0.05, 0) is 31.9 Å². The summed E-state index contributed by atoms with van der Waals surface area (Å²) in [5, 5.41) is 3.09. The number of esters is 1. The highest BCUT2D eigenvalue weighted by molar-refractivity contribution is 7.81. The fourth-order valence-electron chi connectivity index (χ4n) is 1.50. The Morgan fingerprint density at radius 1 is 1.30 bits per heavy atom. The number of ether oxygens (including phenoxy) is 1. The third kappa shape index (κ3) is 11.2. The lowest BCUT2D eigenvalue weighted by Crippen LogP contribution is -2.27. The van der Waals surface area contributed by atoms with E-state index in [1.165, 1.54) is 0 Å². The molecular weight excluding hydrogens is 294 g/mol. The first kappa shape index (κ1) is 19.4. The highest BCUT2D eigenvalue weighted by Crippen LogP contribution is 2.12. The van der Waals surface area contributed by atoms with Crippen LogP contribution in [0.5, 0.6) is 0 Å². The Bertz CT molecular complexity index is 322. The molecule has 0 aliphatic carbocycles. The lowest BCUT2D eigenvalue weighted by molar-refractivity contribution is -0.139. The second-order valence-electron chi connectivity index (χ2n) is 4.68. The molecule has 6 heteroatoms. The molecule has 1 atom stereocenters. The van der Waals surface area contributed by atoms with Gasteiger partial charge in [0.1, 0.15) is 6.61 Å². The van der Waals surface area contributed by atoms with Crippen molar-refractivity contribution >= 4 is 37.1 Å². The van der Waals surface area contributed by atoms with E-state index in [0.717, 1.165) is 31.4 Å². The van der Waals surface area contributed by atoms with Crippen molar-refractivity contribution in [3.05, 3.63) is 12.2 Å². The number of thiol groups is 2. The Morgan fingerprint density at radius 3 is 2.60 bits per heavy atom. The molecule has 0 rings (SSSR count). The van der Waals surface area contributed by atoms with Crippen molar-refractivity contribution in [1.29, 1.82) is 0 Å². The van der Waals surface area contributed by atoms with Gasteiger partial charge in [0.2, 0.25) is 5.91 Å². The third-order valence-corrected chi connectivity index (χ3v) is 3.43. The van der Waals surface area contributed by atoms with Gasteiger partial charge in [0.15, 0.2) is 0 Å². The second-order valence-corrected chi connectivity index (χ2v) is 5.86. The van der Waals surface area contributed by atoms with E-state index < -0.39 is 5.97 Å². The van der Waals surface area contributed by atoms with Gasteiger partial charge < -0.3 is 10.1 Å². The maximum absolute atomic E-state index is 11.5. The zero-order valence-electron chi connectivity index (χ0n) is 12.1. The van der Waals surface area contributed by atoms with E-state index in [1.54, 1.807) is 6.92 Å². The Labute approximate surface area is 132 Å². The SMILES string of the molecule is C=C(C)C(=O)OCCNC(=O)CCCCC(S)CCS. The highest BCUT2D eigenvalue weighted by atomic mass is 32.1. The van der Waals surface area contributed by atoms with Gasteiger partial charge in [0, 0.05) is 17.2 Å². The number of carbonyl (C=O) groups is 2. The molecule has 1 amide bonds. The van der Waals surface area contributed by atoms with Crippen molar-refractivity contribution in [3.8, 4) is 0 Å². The summed E-state index contributed by atoms with van der Waals surface area (Å²) in [6, 6.07) is 0. The number of nitrogens with one attached hydrogen (secondary N) is 1. The van der Waals surface area contributed by atoms with Gasteiger partial charge in [-0.3, -0.25) is 4.79 Å². The normalized spacial score (nSPS) is 11.8. The van der Waals surface area contributed by atoms with Gasteiger partial charge >= 0.3 is 5.97 Å². The van der Waals surface area contributed by atoms with Crippen LogP contribution in [-0.2, 0) is 14.3 Å². The Kier molecular flexibility index (Phi) is 11.8. The highest BCUT2D eigenvalue weighted by Gasteiger charge is 2.05. The molecule has 0 saturated heterocycles. The fourth-order valence-corrected chi connectivity index (χ4v) is 2.33. The van der Waals surface area contributed by atoms with E-state index in [-0.39, 0.29) is 12.5 Å². The second kappa shape index (κ2) is 12.1. The van der Waals surface area contributed by atoms with Crippen molar-refractivity contribution < 1.29 is 14.3 Å². The molecule has 0 aromatic rings. The van der Waals surface area contributed by atoms with Crippen LogP contribution < -0.4 is 5.32 Å². The Balaban J connectivity index is 3.46. The molecule has 20 heavy (non-hydrogen) atoms. The summed E-state index contributed by atoms with van der Waals surface area (Å²) in [4.78, 5) is 22.6. The van der Waals surface area contributed by atoms with Gasteiger partial charge in [-0.15, -0.1) is 0 Å². The van der Waals surface area contributed by atoms with Crippen molar-refractivity contribution in [2.45, 2.75) is 44.3 Å². The number of carbonyl (C=O) groups excluding carboxylic acids is 2. The molecule has 116 valence electrons. The summed E-state index contributed by atoms with van der Waals surface area (Å²) in [5.41, 5.74) is 0.360. The van der Waals surface area contributed by atoms with Gasteiger partial charge in [-0.25, -0.2) is 4.79 Å². The van der Waals surface area contributed by atoms with E-state index in [9.17, 15) is 9.59 Å². The quantitative estimate of drug-likeness (QED) is 0.237. The van der Waals surface area contributed by atoms with Gasteiger partial charge in [-0.1, -0.05) is 13.0 Å². The van der Waals surface area contributed by atoms with E-state index in [1.807, 2.05) is 0 Å². The minimum absolute atomic E-state index is 0.0127. The molecule has 0 fully saturated rings. The smallest absolute Gasteiger partial charge is 0.333 e. The molecule has 0 bridgehead atoms. The molecule has 0 spiro atoms. The van der Waals surface area contributed by atoms with Crippen molar-refractivity contribution in [1.82, 2.24) is 5.32 Å². The van der Waals surface area contributed by atoms with Crippen LogP contribution in [0, 0.1) is 0 Å². The molecule has 0 radical (unpaired) electrons. The third-order valence-electron chi connectivity index (χ3n) is 2.66. The topological polar surface area (TPSA) is 55.4 Å². The molecule has 1 N–H and O–H groups in total. The standard InChI is InChI=1S/C14H25NO3S2/c1-11(2)14(17)18-9-8-15-13(16)6-4-3-5-12(20)7-10-19/h12,19-20H,1,3-10H2,2H3,(H,15,16). The first-order valence-corrected chi connectivity index (χ1v) is 8.00. The molecule has 4 nitrogen and oxygen atoms in total.